The molecule has 1 aromatic rings. The van der Waals surface area contributed by atoms with Gasteiger partial charge in [0.1, 0.15) is 11.8 Å². The molecule has 0 aliphatic carbocycles. The molecular weight excluding hydrogens is 383 g/mol. The van der Waals surface area contributed by atoms with Crippen LogP contribution in [0.1, 0.15) is 18.9 Å². The highest BCUT2D eigenvalue weighted by Crippen LogP contribution is 2.25. The molecule has 1 heterocycles. The number of nitrogens with zero attached hydrogens (tertiary/aromatic N) is 1. The predicted octanol–water partition coefficient (Wildman–Crippen LogP) is 2.39. The number of carbonyl (C=O) groups is 1. The zero-order valence-corrected chi connectivity index (χ0v) is 16.2. The summed E-state index contributed by atoms with van der Waals surface area (Å²) in [6.45, 7) is 3.65. The maximum atomic E-state index is 13.3. The van der Waals surface area contributed by atoms with Gasteiger partial charge in [0.15, 0.2) is 0 Å². The molecule has 1 atom stereocenters. The van der Waals surface area contributed by atoms with E-state index in [1.165, 1.54) is 4.90 Å². The van der Waals surface area contributed by atoms with Crippen molar-refractivity contribution < 1.29 is 22.7 Å². The van der Waals surface area contributed by atoms with Crippen molar-refractivity contribution in [1.82, 2.24) is 15.5 Å². The van der Waals surface area contributed by atoms with Crippen LogP contribution in [0.3, 0.4) is 0 Å². The Morgan fingerprint density at radius 1 is 1.30 bits per heavy atom. The Morgan fingerprint density at radius 3 is 2.59 bits per heavy atom. The van der Waals surface area contributed by atoms with Crippen molar-refractivity contribution in [2.45, 2.75) is 32.0 Å². The molecule has 0 bridgehead atoms. The van der Waals surface area contributed by atoms with E-state index in [9.17, 15) is 18.0 Å². The van der Waals surface area contributed by atoms with Gasteiger partial charge in [-0.1, -0.05) is 18.2 Å². The van der Waals surface area contributed by atoms with Crippen LogP contribution >= 0.6 is 12.4 Å². The fourth-order valence-corrected chi connectivity index (χ4v) is 3.00. The lowest BCUT2D eigenvalue weighted by Gasteiger charge is -2.35. The zero-order valence-electron chi connectivity index (χ0n) is 15.3. The molecule has 0 aromatic heterocycles. The number of rotatable bonds is 8. The van der Waals surface area contributed by atoms with Crippen molar-refractivity contribution in [2.24, 2.45) is 0 Å². The van der Waals surface area contributed by atoms with Crippen LogP contribution in [0.2, 0.25) is 0 Å². The molecule has 27 heavy (non-hydrogen) atoms. The van der Waals surface area contributed by atoms with E-state index in [1.54, 1.807) is 0 Å². The van der Waals surface area contributed by atoms with Gasteiger partial charge in [-0.05, 0) is 25.0 Å². The Balaban J connectivity index is 0.00000364. The van der Waals surface area contributed by atoms with Crippen molar-refractivity contribution in [1.29, 1.82) is 0 Å². The first-order valence-electron chi connectivity index (χ1n) is 8.90. The normalized spacial score (nSPS) is 16.3. The SMILES string of the molecule is CCOc1ccccc1CCC(=O)NCC(N1CCNCC1)C(F)(F)F.Cl. The second-order valence-electron chi connectivity index (χ2n) is 6.19. The summed E-state index contributed by atoms with van der Waals surface area (Å²) in [4.78, 5) is 13.4. The van der Waals surface area contributed by atoms with Crippen LogP contribution in [0.5, 0.6) is 5.75 Å². The minimum atomic E-state index is -4.37. The first-order valence-corrected chi connectivity index (χ1v) is 8.90. The maximum absolute atomic E-state index is 13.3. The fraction of sp³-hybridized carbons (Fsp3) is 0.611. The Morgan fingerprint density at radius 2 is 1.96 bits per heavy atom. The van der Waals surface area contributed by atoms with Crippen LogP contribution in [-0.2, 0) is 11.2 Å². The quantitative estimate of drug-likeness (QED) is 0.692. The first-order chi connectivity index (χ1) is 12.4. The number of ether oxygens (including phenoxy) is 1. The highest BCUT2D eigenvalue weighted by atomic mass is 35.5. The smallest absolute Gasteiger partial charge is 0.405 e. The Bertz CT molecular complexity index is 581. The number of para-hydroxylation sites is 1. The number of benzene rings is 1. The predicted molar refractivity (Wildman–Crippen MR) is 100 cm³/mol. The van der Waals surface area contributed by atoms with Gasteiger partial charge < -0.3 is 15.4 Å². The van der Waals surface area contributed by atoms with Gasteiger partial charge in [-0.25, -0.2) is 0 Å². The molecule has 9 heteroatoms. The van der Waals surface area contributed by atoms with Gasteiger partial charge in [0.2, 0.25) is 5.91 Å². The Kier molecular flexibility index (Phi) is 9.90. The average molecular weight is 410 g/mol. The number of piperazine rings is 1. The van der Waals surface area contributed by atoms with Crippen molar-refractivity contribution in [3.05, 3.63) is 29.8 Å². The van der Waals surface area contributed by atoms with Gasteiger partial charge in [-0.15, -0.1) is 12.4 Å². The lowest BCUT2D eigenvalue weighted by molar-refractivity contribution is -0.184. The standard InChI is InChI=1S/C18H26F3N3O2.ClH/c1-2-26-15-6-4-3-5-14(15)7-8-17(25)23-13-16(18(19,20)21)24-11-9-22-10-12-24;/h3-6,16,22H,2,7-13H2,1H3,(H,23,25);1H. The number of nitrogens with one attached hydrogen (secondary N) is 2. The number of carbonyl (C=O) groups excluding carboxylic acids is 1. The van der Waals surface area contributed by atoms with Crippen LogP contribution in [0, 0.1) is 0 Å². The topological polar surface area (TPSA) is 53.6 Å². The van der Waals surface area contributed by atoms with Crippen molar-refractivity contribution in [2.75, 3.05) is 39.3 Å². The molecule has 2 N–H and O–H groups in total. The molecule has 154 valence electrons. The van der Waals surface area contributed by atoms with E-state index in [0.717, 1.165) is 5.56 Å². The Labute approximate surface area is 164 Å². The van der Waals surface area contributed by atoms with Crippen molar-refractivity contribution >= 4 is 18.3 Å². The van der Waals surface area contributed by atoms with Gasteiger partial charge in [0.25, 0.3) is 0 Å². The van der Waals surface area contributed by atoms with E-state index >= 15 is 0 Å². The third-order valence-electron chi connectivity index (χ3n) is 4.36. The van der Waals surface area contributed by atoms with E-state index in [-0.39, 0.29) is 24.7 Å². The number of hydrogen-bond acceptors (Lipinski definition) is 4. The summed E-state index contributed by atoms with van der Waals surface area (Å²) < 4.78 is 45.4. The highest BCUT2D eigenvalue weighted by molar-refractivity contribution is 5.85. The first kappa shape index (κ1) is 23.5. The minimum Gasteiger partial charge on any atom is -0.494 e. The number of hydrogen-bond donors (Lipinski definition) is 2. The number of aryl methyl sites for hydroxylation is 1. The largest absolute Gasteiger partial charge is 0.494 e. The third kappa shape index (κ3) is 7.56. The van der Waals surface area contributed by atoms with E-state index < -0.39 is 18.8 Å². The van der Waals surface area contributed by atoms with E-state index in [4.69, 9.17) is 4.74 Å². The molecule has 2 rings (SSSR count). The lowest BCUT2D eigenvalue weighted by atomic mass is 10.1. The molecule has 1 fully saturated rings. The summed E-state index contributed by atoms with van der Waals surface area (Å²) in [5.41, 5.74) is 0.874. The molecule has 1 aromatic carbocycles. The monoisotopic (exact) mass is 409 g/mol. The average Bonchev–Trinajstić information content (AvgIpc) is 2.61. The van der Waals surface area contributed by atoms with Gasteiger partial charge in [-0.3, -0.25) is 9.69 Å². The number of alkyl halides is 3. The molecule has 0 saturated carbocycles. The minimum absolute atomic E-state index is 0. The lowest BCUT2D eigenvalue weighted by Crippen LogP contribution is -2.57. The van der Waals surface area contributed by atoms with Crippen LogP contribution in [0.25, 0.3) is 0 Å². The van der Waals surface area contributed by atoms with Crippen molar-refractivity contribution in [3.63, 3.8) is 0 Å². The molecule has 1 aliphatic heterocycles. The summed E-state index contributed by atoms with van der Waals surface area (Å²) in [6, 6.07) is 5.72. The fourth-order valence-electron chi connectivity index (χ4n) is 3.00. The zero-order chi connectivity index (χ0) is 19.0. The molecule has 5 nitrogen and oxygen atoms in total. The molecule has 1 amide bonds. The van der Waals surface area contributed by atoms with Gasteiger partial charge in [-0.2, -0.15) is 13.2 Å². The second-order valence-corrected chi connectivity index (χ2v) is 6.19. The summed E-state index contributed by atoms with van der Waals surface area (Å²) >= 11 is 0. The molecule has 1 aliphatic rings. The molecule has 1 saturated heterocycles. The summed E-state index contributed by atoms with van der Waals surface area (Å²) in [5.74, 6) is 0.317. The van der Waals surface area contributed by atoms with Crippen LogP contribution < -0.4 is 15.4 Å². The Hall–Kier alpha value is -1.51. The van der Waals surface area contributed by atoms with E-state index in [0.29, 0.717) is 45.0 Å². The third-order valence-corrected chi connectivity index (χ3v) is 4.36. The van der Waals surface area contributed by atoms with Crippen LogP contribution in [0.15, 0.2) is 24.3 Å². The second kappa shape index (κ2) is 11.4. The van der Waals surface area contributed by atoms with E-state index in [1.807, 2.05) is 31.2 Å². The summed E-state index contributed by atoms with van der Waals surface area (Å²) in [5, 5.41) is 5.48. The number of amides is 1. The van der Waals surface area contributed by atoms with Gasteiger partial charge >= 0.3 is 6.18 Å². The van der Waals surface area contributed by atoms with Crippen LogP contribution in [-0.4, -0.2) is 62.4 Å². The molecule has 0 radical (unpaired) electrons. The van der Waals surface area contributed by atoms with Gasteiger partial charge in [0.05, 0.1) is 6.61 Å². The van der Waals surface area contributed by atoms with Crippen LogP contribution in [0.4, 0.5) is 13.2 Å². The summed E-state index contributed by atoms with van der Waals surface area (Å²) in [6.07, 6.45) is -3.82. The molecular formula is C18H27ClF3N3O2. The molecule has 0 spiro atoms. The summed E-state index contributed by atoms with van der Waals surface area (Å²) in [7, 11) is 0. The molecule has 1 unspecified atom stereocenters. The van der Waals surface area contributed by atoms with E-state index in [2.05, 4.69) is 10.6 Å². The highest BCUT2D eigenvalue weighted by Gasteiger charge is 2.43. The number of halogens is 4. The maximum Gasteiger partial charge on any atom is 0.405 e. The van der Waals surface area contributed by atoms with Crippen molar-refractivity contribution in [3.8, 4) is 5.75 Å². The van der Waals surface area contributed by atoms with Gasteiger partial charge in [0, 0.05) is 39.1 Å².